The molecule has 0 aromatic heterocycles. The molecule has 0 fully saturated rings. The van der Waals surface area contributed by atoms with Gasteiger partial charge in [-0.25, -0.2) is 0 Å². The van der Waals surface area contributed by atoms with E-state index in [-0.39, 0.29) is 5.92 Å². The van der Waals surface area contributed by atoms with Crippen LogP contribution in [0.5, 0.6) is 0 Å². The maximum absolute atomic E-state index is 11.8. The zero-order chi connectivity index (χ0) is 13.1. The van der Waals surface area contributed by atoms with E-state index in [0.717, 1.165) is 6.42 Å². The first-order chi connectivity index (χ1) is 7.96. The summed E-state index contributed by atoms with van der Waals surface area (Å²) >= 11 is 0. The predicted molar refractivity (Wildman–Crippen MR) is 58.6 cm³/mol. The van der Waals surface area contributed by atoms with Crippen LogP contribution in [0, 0.1) is 11.3 Å². The number of ether oxygens (including phenoxy) is 2. The van der Waals surface area contributed by atoms with Gasteiger partial charge >= 0.3 is 11.9 Å². The molecule has 0 aromatic rings. The molecule has 0 bridgehead atoms. The van der Waals surface area contributed by atoms with Crippen LogP contribution in [0.2, 0.25) is 0 Å². The van der Waals surface area contributed by atoms with Crippen LogP contribution < -0.4 is 0 Å². The van der Waals surface area contributed by atoms with E-state index < -0.39 is 17.4 Å². The largest absolute Gasteiger partial charge is 0.468 e. The van der Waals surface area contributed by atoms with Gasteiger partial charge in [-0.1, -0.05) is 12.1 Å². The van der Waals surface area contributed by atoms with E-state index in [1.54, 1.807) is 6.08 Å². The predicted octanol–water partition coefficient (Wildman–Crippen LogP) is 1.70. The molecule has 1 rings (SSSR count). The number of methoxy groups -OCH3 is 2. The Morgan fingerprint density at radius 3 is 2.38 bits per heavy atom. The molecule has 16 heavy (non-hydrogen) atoms. The van der Waals surface area contributed by atoms with E-state index in [1.165, 1.54) is 21.1 Å². The van der Waals surface area contributed by atoms with Crippen molar-refractivity contribution in [2.45, 2.75) is 26.2 Å². The third kappa shape index (κ3) is 2.10. The van der Waals surface area contributed by atoms with Gasteiger partial charge in [-0.15, -0.1) is 0 Å². The van der Waals surface area contributed by atoms with Crippen LogP contribution in [0.4, 0.5) is 0 Å². The summed E-state index contributed by atoms with van der Waals surface area (Å²) in [5, 5.41) is 0. The smallest absolute Gasteiger partial charge is 0.323 e. The maximum Gasteiger partial charge on any atom is 0.323 e. The average Bonchev–Trinajstić information content (AvgIpc) is 2.35. The minimum atomic E-state index is -1.35. The lowest BCUT2D eigenvalue weighted by atomic mass is 9.72. The molecular formula is C12H18O4. The molecule has 90 valence electrons. The highest BCUT2D eigenvalue weighted by Crippen LogP contribution is 2.37. The Morgan fingerprint density at radius 1 is 1.38 bits per heavy atom. The van der Waals surface area contributed by atoms with Crippen LogP contribution in [0.3, 0.4) is 0 Å². The van der Waals surface area contributed by atoms with Gasteiger partial charge < -0.3 is 9.47 Å². The second-order valence-corrected chi connectivity index (χ2v) is 4.06. The number of rotatable bonds is 3. The number of hydrogen-bond donors (Lipinski definition) is 0. The number of carbonyl (C=O) groups is 2. The second kappa shape index (κ2) is 5.14. The van der Waals surface area contributed by atoms with Gasteiger partial charge in [-0.05, 0) is 26.2 Å². The molecule has 0 saturated carbocycles. The molecule has 1 aliphatic rings. The Kier molecular flexibility index (Phi) is 3.59. The molecule has 0 spiro atoms. The molecule has 0 aromatic carbocycles. The van der Waals surface area contributed by atoms with Crippen molar-refractivity contribution in [1.82, 2.24) is 0 Å². The Morgan fingerprint density at radius 2 is 1.94 bits per heavy atom. The van der Waals surface area contributed by atoms with E-state index in [1.807, 2.05) is 0 Å². The van der Waals surface area contributed by atoms with Gasteiger partial charge in [0.25, 0.3) is 0 Å². The van der Waals surface area contributed by atoms with E-state index in [9.17, 15) is 9.59 Å². The summed E-state index contributed by atoms with van der Waals surface area (Å²) in [4.78, 5) is 23.7. The molecule has 0 amide bonds. The molecule has 0 radical (unpaired) electrons. The zero-order valence-corrected chi connectivity index (χ0v) is 9.91. The third-order valence-corrected chi connectivity index (χ3v) is 3.12. The first-order valence-electron chi connectivity index (χ1n) is 5.81. The first-order valence-corrected chi connectivity index (χ1v) is 5.31. The Hall–Kier alpha value is -1.32. The number of carbonyl (C=O) groups excluding carboxylic acids is 2. The average molecular weight is 227 g/mol. The van der Waals surface area contributed by atoms with E-state index in [0.29, 0.717) is 18.9 Å². The van der Waals surface area contributed by atoms with Gasteiger partial charge in [0.1, 0.15) is 0 Å². The van der Waals surface area contributed by atoms with Gasteiger partial charge in [-0.3, -0.25) is 9.59 Å². The summed E-state index contributed by atoms with van der Waals surface area (Å²) in [6.45, 7) is 1.52. The minimum Gasteiger partial charge on any atom is -0.468 e. The number of hydrogen-bond acceptors (Lipinski definition) is 4. The van der Waals surface area contributed by atoms with Crippen molar-refractivity contribution < 1.29 is 20.4 Å². The van der Waals surface area contributed by atoms with Gasteiger partial charge in [0, 0.05) is 5.92 Å². The van der Waals surface area contributed by atoms with Crippen molar-refractivity contribution in [3.05, 3.63) is 12.1 Å². The van der Waals surface area contributed by atoms with Crippen molar-refractivity contribution in [3.63, 3.8) is 0 Å². The number of esters is 2. The van der Waals surface area contributed by atoms with Crippen molar-refractivity contribution in [2.24, 2.45) is 11.3 Å². The van der Waals surface area contributed by atoms with E-state index in [4.69, 9.17) is 10.8 Å². The summed E-state index contributed by atoms with van der Waals surface area (Å²) in [6.07, 6.45) is 3.83. The molecule has 4 nitrogen and oxygen atoms in total. The molecule has 0 aliphatic heterocycles. The van der Waals surface area contributed by atoms with Crippen LogP contribution >= 0.6 is 0 Å². The molecule has 0 N–H and O–H groups in total. The summed E-state index contributed by atoms with van der Waals surface area (Å²) in [5.74, 6) is -1.55. The fourth-order valence-corrected chi connectivity index (χ4v) is 2.00. The molecule has 1 atom stereocenters. The Labute approximate surface area is 97.0 Å². The first kappa shape index (κ1) is 11.2. The minimum absolute atomic E-state index is 0.330. The van der Waals surface area contributed by atoms with Crippen LogP contribution in [0.15, 0.2) is 12.1 Å². The Bertz CT molecular complexity index is 332. The second-order valence-electron chi connectivity index (χ2n) is 4.06. The quantitative estimate of drug-likeness (QED) is 0.418. The summed E-state index contributed by atoms with van der Waals surface area (Å²) in [5.41, 5.74) is -1.35. The van der Waals surface area contributed by atoms with Gasteiger partial charge in [0.2, 0.25) is 0 Å². The summed E-state index contributed by atoms with van der Waals surface area (Å²) in [7, 11) is 2.50. The number of allylic oxidation sites excluding steroid dienone is 2. The van der Waals surface area contributed by atoms with E-state index in [2.05, 4.69) is 0 Å². The fourth-order valence-electron chi connectivity index (χ4n) is 2.00. The van der Waals surface area contributed by atoms with Crippen molar-refractivity contribution in [1.29, 1.82) is 0 Å². The molecular weight excluding hydrogens is 208 g/mol. The SMILES string of the molecule is [2H]C1=CC(C(C)(C(=O)OC)C(=O)OC)CCC1. The van der Waals surface area contributed by atoms with Crippen LogP contribution in [0.1, 0.15) is 27.6 Å². The molecule has 1 aliphatic carbocycles. The van der Waals surface area contributed by atoms with Crippen molar-refractivity contribution in [3.8, 4) is 0 Å². The highest BCUT2D eigenvalue weighted by atomic mass is 16.5. The van der Waals surface area contributed by atoms with Crippen LogP contribution in [-0.2, 0) is 19.1 Å². The molecule has 1 unspecified atom stereocenters. The highest BCUT2D eigenvalue weighted by Gasteiger charge is 2.49. The zero-order valence-electron chi connectivity index (χ0n) is 10.9. The fraction of sp³-hybridized carbons (Fsp3) is 0.667. The lowest BCUT2D eigenvalue weighted by molar-refractivity contribution is -0.171. The lowest BCUT2D eigenvalue weighted by Gasteiger charge is -2.32. The molecule has 0 saturated heterocycles. The van der Waals surface area contributed by atoms with Crippen molar-refractivity contribution >= 4 is 11.9 Å². The Balaban J connectivity index is 3.10. The monoisotopic (exact) mass is 227 g/mol. The maximum atomic E-state index is 11.8. The van der Waals surface area contributed by atoms with Crippen LogP contribution in [-0.4, -0.2) is 26.2 Å². The molecule has 0 heterocycles. The van der Waals surface area contributed by atoms with E-state index >= 15 is 0 Å². The summed E-state index contributed by atoms with van der Waals surface area (Å²) < 4.78 is 17.0. The normalized spacial score (nSPS) is 21.8. The summed E-state index contributed by atoms with van der Waals surface area (Å²) in [6, 6.07) is 0.459. The molecule has 4 heteroatoms. The topological polar surface area (TPSA) is 52.6 Å². The van der Waals surface area contributed by atoms with Crippen LogP contribution in [0.25, 0.3) is 0 Å². The third-order valence-electron chi connectivity index (χ3n) is 3.12. The lowest BCUT2D eigenvalue weighted by Crippen LogP contribution is -2.44. The van der Waals surface area contributed by atoms with Gasteiger partial charge in [0.05, 0.1) is 15.6 Å². The van der Waals surface area contributed by atoms with Gasteiger partial charge in [-0.2, -0.15) is 0 Å². The van der Waals surface area contributed by atoms with Crippen molar-refractivity contribution in [2.75, 3.05) is 14.2 Å². The van der Waals surface area contributed by atoms with Gasteiger partial charge in [0.15, 0.2) is 5.41 Å². The standard InChI is InChI=1S/C12H18O4/c1-12(10(13)15-2,11(14)16-3)9-7-5-4-6-8-9/h5,7,9H,4,6,8H2,1-3H3/i5D. The highest BCUT2D eigenvalue weighted by molar-refractivity contribution is 6.00.